The first-order valence-electron chi connectivity index (χ1n) is 10.1. The Balaban J connectivity index is 1.30. The Bertz CT molecular complexity index is 865. The van der Waals surface area contributed by atoms with Gasteiger partial charge in [0.05, 0.1) is 4.88 Å². The molecule has 4 rings (SSSR count). The second-order valence-electron chi connectivity index (χ2n) is 7.61. The number of carbonyl (C=O) groups excluding carboxylic acids is 3. The molecule has 1 aromatic heterocycles. The van der Waals surface area contributed by atoms with Crippen LogP contribution in [0.15, 0.2) is 41.8 Å². The fourth-order valence-corrected chi connectivity index (χ4v) is 4.62. The molecule has 3 amide bonds. The summed E-state index contributed by atoms with van der Waals surface area (Å²) in [5, 5.41) is 4.70. The van der Waals surface area contributed by atoms with Crippen molar-refractivity contribution in [2.24, 2.45) is 5.92 Å². The lowest BCUT2D eigenvalue weighted by atomic mass is 9.95. The van der Waals surface area contributed by atoms with Crippen LogP contribution in [0.2, 0.25) is 0 Å². The SMILES string of the molecule is O=C(Nc1ccc(C(=O)N2CCC(C(=O)N3CCCC3)CC2)cc1)c1cccs1. The molecule has 0 radical (unpaired) electrons. The van der Waals surface area contributed by atoms with Crippen LogP contribution in [0.3, 0.4) is 0 Å². The first kappa shape index (κ1) is 19.6. The molecule has 7 heteroatoms. The molecule has 1 aromatic carbocycles. The minimum absolute atomic E-state index is 0.0202. The van der Waals surface area contributed by atoms with Crippen molar-refractivity contribution in [3.8, 4) is 0 Å². The van der Waals surface area contributed by atoms with E-state index in [1.807, 2.05) is 21.2 Å². The molecular formula is C22H25N3O3S. The van der Waals surface area contributed by atoms with Crippen molar-refractivity contribution in [3.05, 3.63) is 52.2 Å². The van der Waals surface area contributed by atoms with Crippen molar-refractivity contribution in [2.75, 3.05) is 31.5 Å². The van der Waals surface area contributed by atoms with E-state index in [4.69, 9.17) is 0 Å². The molecule has 0 aliphatic carbocycles. The quantitative estimate of drug-likeness (QED) is 0.837. The Morgan fingerprint density at radius 2 is 1.59 bits per heavy atom. The molecule has 0 atom stereocenters. The predicted molar refractivity (Wildman–Crippen MR) is 113 cm³/mol. The summed E-state index contributed by atoms with van der Waals surface area (Å²) in [6.45, 7) is 2.99. The molecule has 0 spiro atoms. The van der Waals surface area contributed by atoms with E-state index in [9.17, 15) is 14.4 Å². The Morgan fingerprint density at radius 3 is 2.21 bits per heavy atom. The maximum atomic E-state index is 12.8. The van der Waals surface area contributed by atoms with Crippen LogP contribution in [0.1, 0.15) is 45.7 Å². The summed E-state index contributed by atoms with van der Waals surface area (Å²) < 4.78 is 0. The number of nitrogens with zero attached hydrogens (tertiary/aromatic N) is 2. The lowest BCUT2D eigenvalue weighted by molar-refractivity contribution is -0.135. The minimum Gasteiger partial charge on any atom is -0.342 e. The molecule has 2 fully saturated rings. The highest BCUT2D eigenvalue weighted by Crippen LogP contribution is 2.23. The third kappa shape index (κ3) is 4.50. The molecule has 29 heavy (non-hydrogen) atoms. The van der Waals surface area contributed by atoms with Gasteiger partial charge in [0.2, 0.25) is 5.91 Å². The molecular weight excluding hydrogens is 386 g/mol. The molecule has 152 valence electrons. The highest BCUT2D eigenvalue weighted by molar-refractivity contribution is 7.12. The third-order valence-electron chi connectivity index (χ3n) is 5.68. The number of thiophene rings is 1. The molecule has 2 saturated heterocycles. The number of rotatable bonds is 4. The van der Waals surface area contributed by atoms with E-state index in [1.165, 1.54) is 11.3 Å². The Labute approximate surface area is 174 Å². The van der Waals surface area contributed by atoms with Crippen LogP contribution in [0.25, 0.3) is 0 Å². The summed E-state index contributed by atoms with van der Waals surface area (Å²) in [5.41, 5.74) is 1.26. The van der Waals surface area contributed by atoms with Gasteiger partial charge < -0.3 is 15.1 Å². The van der Waals surface area contributed by atoms with Gasteiger partial charge >= 0.3 is 0 Å². The number of piperidine rings is 1. The second kappa shape index (κ2) is 8.78. The van der Waals surface area contributed by atoms with Crippen LogP contribution in [0.4, 0.5) is 5.69 Å². The Hall–Kier alpha value is -2.67. The van der Waals surface area contributed by atoms with Crippen molar-refractivity contribution in [3.63, 3.8) is 0 Å². The first-order valence-corrected chi connectivity index (χ1v) is 11.0. The molecule has 2 aliphatic heterocycles. The largest absolute Gasteiger partial charge is 0.342 e. The Kier molecular flexibility index (Phi) is 5.94. The number of likely N-dealkylation sites (tertiary alicyclic amines) is 2. The van der Waals surface area contributed by atoms with Gasteiger partial charge in [-0.2, -0.15) is 0 Å². The average molecular weight is 412 g/mol. The van der Waals surface area contributed by atoms with Gasteiger partial charge in [-0.05, 0) is 61.4 Å². The molecule has 0 bridgehead atoms. The lowest BCUT2D eigenvalue weighted by Crippen LogP contribution is -2.43. The minimum atomic E-state index is -0.149. The van der Waals surface area contributed by atoms with Crippen molar-refractivity contribution in [1.82, 2.24) is 9.80 Å². The van der Waals surface area contributed by atoms with E-state index in [2.05, 4.69) is 5.32 Å². The van der Waals surface area contributed by atoms with Gasteiger partial charge in [0.25, 0.3) is 11.8 Å². The fraction of sp³-hybridized carbons (Fsp3) is 0.409. The zero-order chi connectivity index (χ0) is 20.2. The van der Waals surface area contributed by atoms with E-state index in [1.54, 1.807) is 30.3 Å². The molecule has 1 N–H and O–H groups in total. The van der Waals surface area contributed by atoms with Crippen LogP contribution in [0, 0.1) is 5.92 Å². The maximum absolute atomic E-state index is 12.8. The van der Waals surface area contributed by atoms with E-state index in [0.29, 0.717) is 29.2 Å². The average Bonchev–Trinajstić information content (AvgIpc) is 3.48. The third-order valence-corrected chi connectivity index (χ3v) is 6.55. The predicted octanol–water partition coefficient (Wildman–Crippen LogP) is 3.48. The van der Waals surface area contributed by atoms with E-state index in [-0.39, 0.29) is 23.6 Å². The number of amides is 3. The van der Waals surface area contributed by atoms with Crippen molar-refractivity contribution >= 4 is 34.7 Å². The lowest BCUT2D eigenvalue weighted by Gasteiger charge is -2.33. The van der Waals surface area contributed by atoms with Gasteiger partial charge in [0, 0.05) is 43.3 Å². The van der Waals surface area contributed by atoms with Crippen LogP contribution in [-0.2, 0) is 4.79 Å². The number of anilines is 1. The van der Waals surface area contributed by atoms with Gasteiger partial charge in [-0.25, -0.2) is 0 Å². The highest BCUT2D eigenvalue weighted by atomic mass is 32.1. The normalized spacial score (nSPS) is 17.4. The van der Waals surface area contributed by atoms with Gasteiger partial charge in [-0.1, -0.05) is 6.07 Å². The van der Waals surface area contributed by atoms with Crippen LogP contribution >= 0.6 is 11.3 Å². The molecule has 2 aliphatic rings. The van der Waals surface area contributed by atoms with Gasteiger partial charge in [-0.3, -0.25) is 14.4 Å². The van der Waals surface area contributed by atoms with Gasteiger partial charge in [-0.15, -0.1) is 11.3 Å². The van der Waals surface area contributed by atoms with E-state index in [0.717, 1.165) is 38.8 Å². The zero-order valence-corrected chi connectivity index (χ0v) is 17.1. The van der Waals surface area contributed by atoms with Crippen LogP contribution in [-0.4, -0.2) is 53.7 Å². The number of hydrogen-bond acceptors (Lipinski definition) is 4. The van der Waals surface area contributed by atoms with Gasteiger partial charge in [0.15, 0.2) is 0 Å². The van der Waals surface area contributed by atoms with Gasteiger partial charge in [0.1, 0.15) is 0 Å². The monoisotopic (exact) mass is 411 g/mol. The first-order chi connectivity index (χ1) is 14.1. The molecule has 2 aromatic rings. The van der Waals surface area contributed by atoms with Crippen molar-refractivity contribution in [1.29, 1.82) is 0 Å². The molecule has 6 nitrogen and oxygen atoms in total. The Morgan fingerprint density at radius 1 is 0.897 bits per heavy atom. The number of benzene rings is 1. The van der Waals surface area contributed by atoms with Crippen LogP contribution < -0.4 is 5.32 Å². The number of carbonyl (C=O) groups is 3. The highest BCUT2D eigenvalue weighted by Gasteiger charge is 2.31. The second-order valence-corrected chi connectivity index (χ2v) is 8.56. The molecule has 0 saturated carbocycles. The molecule has 3 heterocycles. The van der Waals surface area contributed by atoms with Crippen LogP contribution in [0.5, 0.6) is 0 Å². The maximum Gasteiger partial charge on any atom is 0.265 e. The smallest absolute Gasteiger partial charge is 0.265 e. The van der Waals surface area contributed by atoms with Crippen molar-refractivity contribution in [2.45, 2.75) is 25.7 Å². The number of hydrogen-bond donors (Lipinski definition) is 1. The van der Waals surface area contributed by atoms with Crippen molar-refractivity contribution < 1.29 is 14.4 Å². The summed E-state index contributed by atoms with van der Waals surface area (Å²) >= 11 is 1.39. The number of nitrogens with one attached hydrogen (secondary N) is 1. The summed E-state index contributed by atoms with van der Waals surface area (Å²) in [6, 6.07) is 10.6. The summed E-state index contributed by atoms with van der Waals surface area (Å²) in [6.07, 6.45) is 3.67. The fourth-order valence-electron chi connectivity index (χ4n) is 4.00. The zero-order valence-electron chi connectivity index (χ0n) is 16.3. The van der Waals surface area contributed by atoms with E-state index < -0.39 is 0 Å². The summed E-state index contributed by atoms with van der Waals surface area (Å²) in [5.74, 6) is 0.143. The molecule has 0 unspecified atom stereocenters. The summed E-state index contributed by atoms with van der Waals surface area (Å²) in [4.78, 5) is 41.9. The topological polar surface area (TPSA) is 69.7 Å². The summed E-state index contributed by atoms with van der Waals surface area (Å²) in [7, 11) is 0. The standard InChI is InChI=1S/C22H25N3O3S/c26-20(19-4-3-15-29-19)23-18-7-5-16(6-8-18)21(27)25-13-9-17(10-14-25)22(28)24-11-1-2-12-24/h3-8,15,17H,1-2,9-14H2,(H,23,26). The van der Waals surface area contributed by atoms with E-state index >= 15 is 0 Å².